The Hall–Kier alpha value is -0.600. The molecule has 156 valence electrons. The predicted molar refractivity (Wildman–Crippen MR) is 146 cm³/mol. The van der Waals surface area contributed by atoms with Crippen molar-refractivity contribution in [2.75, 3.05) is 0 Å². The highest BCUT2D eigenvalue weighted by Gasteiger charge is 2.34. The maximum absolute atomic E-state index is 9.36. The van der Waals surface area contributed by atoms with Crippen LogP contribution in [0.25, 0.3) is 9.81 Å². The fourth-order valence-electron chi connectivity index (χ4n) is 3.19. The van der Waals surface area contributed by atoms with Crippen LogP contribution in [-0.4, -0.2) is 6.21 Å². The normalized spacial score (nSPS) is 18.5. The van der Waals surface area contributed by atoms with Crippen molar-refractivity contribution >= 4 is 97.9 Å². The van der Waals surface area contributed by atoms with Crippen LogP contribution in [0.1, 0.15) is 22.3 Å². The van der Waals surface area contributed by atoms with E-state index in [2.05, 4.69) is 45.9 Å². The molecule has 1 N–H and O–H groups in total. The molecular formula is C22H16N2S7. The van der Waals surface area contributed by atoms with Gasteiger partial charge >= 0.3 is 0 Å². The van der Waals surface area contributed by atoms with Gasteiger partial charge in [0.05, 0.1) is 35.8 Å². The first-order valence-corrected chi connectivity index (χ1v) is 15.0. The second-order valence-corrected chi connectivity index (χ2v) is 15.6. The van der Waals surface area contributed by atoms with Crippen LogP contribution in [0.2, 0.25) is 0 Å². The molecule has 1 aromatic heterocycles. The summed E-state index contributed by atoms with van der Waals surface area (Å²) in [5, 5.41) is 16.9. The molecule has 1 aromatic carbocycles. The monoisotopic (exact) mass is 532 g/mol. The number of rotatable bonds is 1. The molecule has 0 spiro atoms. The maximum Gasteiger partial charge on any atom is 0.102 e. The first-order chi connectivity index (χ1) is 14.9. The summed E-state index contributed by atoms with van der Waals surface area (Å²) in [5.41, 5.74) is 5.50. The van der Waals surface area contributed by atoms with Crippen molar-refractivity contribution < 1.29 is 0 Å². The van der Waals surface area contributed by atoms with E-state index in [-0.39, 0.29) is 0 Å². The highest BCUT2D eigenvalue weighted by molar-refractivity contribution is 8.52. The number of fused-ring (bicyclic) bond motifs is 1. The van der Waals surface area contributed by atoms with E-state index in [1.807, 2.05) is 70.6 Å². The molecule has 0 aliphatic carbocycles. The van der Waals surface area contributed by atoms with E-state index in [4.69, 9.17) is 5.41 Å². The van der Waals surface area contributed by atoms with Crippen LogP contribution in [0.4, 0.5) is 0 Å². The van der Waals surface area contributed by atoms with Crippen LogP contribution in [0, 0.1) is 44.4 Å². The summed E-state index contributed by atoms with van der Waals surface area (Å²) >= 11 is 13.0. The average molecular weight is 533 g/mol. The van der Waals surface area contributed by atoms with Gasteiger partial charge in [-0.2, -0.15) is 5.26 Å². The van der Waals surface area contributed by atoms with Crippen molar-refractivity contribution in [1.29, 1.82) is 10.7 Å². The summed E-state index contributed by atoms with van der Waals surface area (Å²) < 4.78 is 9.02. The number of benzene rings is 1. The highest BCUT2D eigenvalue weighted by Crippen LogP contribution is 2.70. The van der Waals surface area contributed by atoms with E-state index in [1.54, 1.807) is 11.3 Å². The lowest BCUT2D eigenvalue weighted by Crippen LogP contribution is -2.03. The molecule has 2 aromatic rings. The molecule has 0 amide bonds. The molecule has 0 fully saturated rings. The number of thioether (sulfide) groups is 6. The van der Waals surface area contributed by atoms with Crippen molar-refractivity contribution in [2.45, 2.75) is 37.5 Å². The van der Waals surface area contributed by atoms with E-state index in [0.717, 1.165) is 10.1 Å². The predicted octanol–water partition coefficient (Wildman–Crippen LogP) is 7.48. The van der Waals surface area contributed by atoms with Crippen molar-refractivity contribution in [3.63, 3.8) is 0 Å². The standard InChI is InChI=1S/C22H16N2S7/c1-9-5-14-15(6-10(9)2)26-19(25-14)20-30-21-22(31-20)29-18(28-21)17-12(4)11(3)16(27-17)13(7-23)8-24/h5-7,23H,1-4H3/b16-13-,23-7?. The number of nitrogens with one attached hydrogen (secondary N) is 1. The van der Waals surface area contributed by atoms with Gasteiger partial charge in [-0.15, -0.1) is 11.3 Å². The largest absolute Gasteiger partial charge is 0.307 e. The summed E-state index contributed by atoms with van der Waals surface area (Å²) in [7, 11) is 0. The number of hydrogen-bond donors (Lipinski definition) is 1. The Balaban J connectivity index is 1.43. The summed E-state index contributed by atoms with van der Waals surface area (Å²) in [4.78, 5) is 2.76. The number of nitrogens with zero attached hydrogens (tertiary/aromatic N) is 1. The van der Waals surface area contributed by atoms with Gasteiger partial charge in [-0.25, -0.2) is 0 Å². The third kappa shape index (κ3) is 3.88. The minimum Gasteiger partial charge on any atom is -0.307 e. The lowest BCUT2D eigenvalue weighted by atomic mass is 10.1. The molecule has 0 atom stereocenters. The third-order valence-electron chi connectivity index (χ3n) is 5.18. The molecule has 0 saturated heterocycles. The van der Waals surface area contributed by atoms with E-state index < -0.39 is 0 Å². The van der Waals surface area contributed by atoms with Gasteiger partial charge in [0.1, 0.15) is 6.07 Å². The zero-order chi connectivity index (χ0) is 21.9. The smallest absolute Gasteiger partial charge is 0.102 e. The zero-order valence-corrected chi connectivity index (χ0v) is 22.8. The molecule has 3 aliphatic heterocycles. The second kappa shape index (κ2) is 8.64. The highest BCUT2D eigenvalue weighted by atomic mass is 32.3. The Morgan fingerprint density at radius 2 is 1.26 bits per heavy atom. The summed E-state index contributed by atoms with van der Waals surface area (Å²) in [6, 6.07) is 6.80. The third-order valence-corrected chi connectivity index (χ3v) is 15.6. The van der Waals surface area contributed by atoms with Crippen molar-refractivity contribution in [2.24, 2.45) is 0 Å². The molecule has 0 saturated carbocycles. The zero-order valence-electron chi connectivity index (χ0n) is 17.0. The van der Waals surface area contributed by atoms with Gasteiger partial charge in [0.25, 0.3) is 0 Å². The topological polar surface area (TPSA) is 47.6 Å². The fraction of sp³-hybridized carbons (Fsp3) is 0.182. The maximum atomic E-state index is 9.36. The molecule has 0 radical (unpaired) electrons. The van der Waals surface area contributed by atoms with Crippen LogP contribution >= 0.6 is 81.9 Å². The number of thiophene rings is 1. The number of aryl methyl sites for hydroxylation is 2. The van der Waals surface area contributed by atoms with Gasteiger partial charge in [-0.3, -0.25) is 0 Å². The Morgan fingerprint density at radius 1 is 0.774 bits per heavy atom. The van der Waals surface area contributed by atoms with Gasteiger partial charge in [-0.1, -0.05) is 70.6 Å². The van der Waals surface area contributed by atoms with Crippen LogP contribution < -0.4 is 9.06 Å². The lowest BCUT2D eigenvalue weighted by Gasteiger charge is -2.04. The molecular weight excluding hydrogens is 517 g/mol. The van der Waals surface area contributed by atoms with Gasteiger partial charge in [0.15, 0.2) is 0 Å². The van der Waals surface area contributed by atoms with Crippen LogP contribution in [-0.2, 0) is 0 Å². The molecule has 0 unspecified atom stereocenters. The first kappa shape index (κ1) is 22.2. The van der Waals surface area contributed by atoms with Crippen molar-refractivity contribution in [3.05, 3.63) is 60.4 Å². The van der Waals surface area contributed by atoms with Crippen LogP contribution in [0.15, 0.2) is 38.9 Å². The van der Waals surface area contributed by atoms with Crippen molar-refractivity contribution in [3.8, 4) is 6.07 Å². The Kier molecular flexibility index (Phi) is 6.19. The van der Waals surface area contributed by atoms with E-state index >= 15 is 0 Å². The number of nitriles is 1. The molecule has 31 heavy (non-hydrogen) atoms. The molecule has 3 aliphatic rings. The molecule has 9 heteroatoms. The average Bonchev–Trinajstić information content (AvgIpc) is 3.47. The van der Waals surface area contributed by atoms with Crippen LogP contribution in [0.5, 0.6) is 0 Å². The molecule has 5 rings (SSSR count). The van der Waals surface area contributed by atoms with Gasteiger partial charge in [0, 0.05) is 16.0 Å². The Morgan fingerprint density at radius 3 is 1.74 bits per heavy atom. The van der Waals surface area contributed by atoms with Gasteiger partial charge in [0.2, 0.25) is 0 Å². The minimum absolute atomic E-state index is 0.446. The summed E-state index contributed by atoms with van der Waals surface area (Å²) in [6.45, 7) is 8.55. The summed E-state index contributed by atoms with van der Waals surface area (Å²) in [6.07, 6.45) is 1.17. The molecule has 2 nitrogen and oxygen atoms in total. The second-order valence-electron chi connectivity index (χ2n) is 7.11. The Bertz CT molecular complexity index is 1350. The van der Waals surface area contributed by atoms with Crippen LogP contribution in [0.3, 0.4) is 0 Å². The SMILES string of the molecule is Cc1cc2c(cc1C)SC(=C1SC3=C(S1)SC(=c1s/c(=C(\C#N)C=N)c(C)c1C)S3)S2. The van der Waals surface area contributed by atoms with Crippen molar-refractivity contribution in [1.82, 2.24) is 0 Å². The van der Waals surface area contributed by atoms with Gasteiger partial charge in [-0.05, 0) is 62.1 Å². The van der Waals surface area contributed by atoms with E-state index in [1.165, 1.54) is 58.4 Å². The van der Waals surface area contributed by atoms with E-state index in [0.29, 0.717) is 5.57 Å². The van der Waals surface area contributed by atoms with E-state index in [9.17, 15) is 5.26 Å². The quantitative estimate of drug-likeness (QED) is 0.382. The lowest BCUT2D eigenvalue weighted by molar-refractivity contribution is 1.18. The molecule has 0 bridgehead atoms. The molecule has 4 heterocycles. The Labute approximate surface area is 211 Å². The fourth-order valence-corrected chi connectivity index (χ4v) is 14.1. The minimum atomic E-state index is 0.446. The number of hydrogen-bond acceptors (Lipinski definition) is 9. The first-order valence-electron chi connectivity index (χ1n) is 9.31. The van der Waals surface area contributed by atoms with Gasteiger partial charge < -0.3 is 5.41 Å². The summed E-state index contributed by atoms with van der Waals surface area (Å²) in [5.74, 6) is 0.